The normalized spacial score (nSPS) is 10.0. The summed E-state index contributed by atoms with van der Waals surface area (Å²) >= 11 is 1.68. The Morgan fingerprint density at radius 2 is 1.94 bits per heavy atom. The van der Waals surface area contributed by atoms with Gasteiger partial charge in [-0.1, -0.05) is 12.1 Å². The second-order valence-electron chi connectivity index (χ2n) is 3.26. The van der Waals surface area contributed by atoms with Crippen molar-refractivity contribution in [1.29, 1.82) is 0 Å². The third kappa shape index (κ3) is 2.86. The summed E-state index contributed by atoms with van der Waals surface area (Å²) in [6.45, 7) is 0. The first kappa shape index (κ1) is 11.7. The molecule has 0 spiro atoms. The quantitative estimate of drug-likeness (QED) is 0.437. The summed E-state index contributed by atoms with van der Waals surface area (Å²) in [5.41, 5.74) is 3.50. The Hall–Kier alpha value is -1.79. The molecule has 0 aliphatic carbocycles. The first-order valence-corrected chi connectivity index (χ1v) is 6.24. The van der Waals surface area contributed by atoms with Crippen LogP contribution in [-0.2, 0) is 0 Å². The van der Waals surface area contributed by atoms with Gasteiger partial charge in [-0.25, -0.2) is 15.8 Å². The van der Waals surface area contributed by atoms with Crippen LogP contribution in [0.2, 0.25) is 0 Å². The minimum absolute atomic E-state index is 0.573. The van der Waals surface area contributed by atoms with Crippen molar-refractivity contribution in [1.82, 2.24) is 9.97 Å². The van der Waals surface area contributed by atoms with Gasteiger partial charge in [-0.2, -0.15) is 0 Å². The maximum atomic E-state index is 5.30. The van der Waals surface area contributed by atoms with Crippen LogP contribution in [0.5, 0.6) is 0 Å². The summed E-state index contributed by atoms with van der Waals surface area (Å²) < 4.78 is 0. The van der Waals surface area contributed by atoms with Gasteiger partial charge in [0.2, 0.25) is 0 Å². The third-order valence-electron chi connectivity index (χ3n) is 2.18. The Morgan fingerprint density at radius 3 is 2.71 bits per heavy atom. The molecule has 17 heavy (non-hydrogen) atoms. The maximum absolute atomic E-state index is 5.30. The van der Waals surface area contributed by atoms with Crippen LogP contribution in [0.4, 0.5) is 17.3 Å². The van der Waals surface area contributed by atoms with E-state index in [9.17, 15) is 0 Å². The summed E-state index contributed by atoms with van der Waals surface area (Å²) in [4.78, 5) is 9.24. The summed E-state index contributed by atoms with van der Waals surface area (Å²) in [6, 6.07) is 9.78. The number of hydrogen-bond donors (Lipinski definition) is 3. The lowest BCUT2D eigenvalue weighted by atomic mass is 10.3. The number of nitrogens with one attached hydrogen (secondary N) is 2. The van der Waals surface area contributed by atoms with Gasteiger partial charge in [-0.15, -0.1) is 11.8 Å². The molecule has 88 valence electrons. The molecule has 0 aliphatic rings. The molecule has 0 saturated carbocycles. The molecule has 6 heteroatoms. The van der Waals surface area contributed by atoms with Gasteiger partial charge < -0.3 is 10.7 Å². The predicted octanol–water partition coefficient (Wildman–Crippen LogP) is 2.23. The molecular formula is C11H13N5S. The maximum Gasteiger partial charge on any atom is 0.145 e. The highest BCUT2D eigenvalue weighted by molar-refractivity contribution is 7.98. The fourth-order valence-electron chi connectivity index (χ4n) is 1.39. The highest BCUT2D eigenvalue weighted by Crippen LogP contribution is 2.27. The van der Waals surface area contributed by atoms with E-state index in [1.165, 1.54) is 6.33 Å². The SMILES string of the molecule is CSc1ccccc1Nc1cc(NN)ncn1. The third-order valence-corrected chi connectivity index (χ3v) is 2.98. The highest BCUT2D eigenvalue weighted by atomic mass is 32.2. The van der Waals surface area contributed by atoms with Crippen LogP contribution in [0.1, 0.15) is 0 Å². The number of benzene rings is 1. The van der Waals surface area contributed by atoms with Gasteiger partial charge in [0.25, 0.3) is 0 Å². The van der Waals surface area contributed by atoms with Crippen LogP contribution >= 0.6 is 11.8 Å². The number of hydrogen-bond acceptors (Lipinski definition) is 6. The molecule has 1 aromatic heterocycles. The van der Waals surface area contributed by atoms with Crippen molar-refractivity contribution in [2.45, 2.75) is 4.90 Å². The number of para-hydroxylation sites is 1. The van der Waals surface area contributed by atoms with Crippen molar-refractivity contribution < 1.29 is 0 Å². The van der Waals surface area contributed by atoms with Crippen LogP contribution in [0.25, 0.3) is 0 Å². The molecule has 0 fully saturated rings. The number of nitrogens with zero attached hydrogens (tertiary/aromatic N) is 2. The molecule has 2 aromatic rings. The molecule has 1 aromatic carbocycles. The minimum Gasteiger partial charge on any atom is -0.339 e. The highest BCUT2D eigenvalue weighted by Gasteiger charge is 2.02. The summed E-state index contributed by atoms with van der Waals surface area (Å²) in [6.07, 6.45) is 3.49. The predicted molar refractivity (Wildman–Crippen MR) is 71.3 cm³/mol. The van der Waals surface area contributed by atoms with Crippen molar-refractivity contribution >= 4 is 29.1 Å². The van der Waals surface area contributed by atoms with E-state index in [2.05, 4.69) is 26.8 Å². The summed E-state index contributed by atoms with van der Waals surface area (Å²) in [7, 11) is 0. The standard InChI is InChI=1S/C11H13N5S/c1-17-9-5-3-2-4-8(9)15-10-6-11(16-12)14-7-13-10/h2-7H,12H2,1H3,(H2,13,14,15,16). The number of aromatic nitrogens is 2. The van der Waals surface area contributed by atoms with Crippen LogP contribution in [0.3, 0.4) is 0 Å². The van der Waals surface area contributed by atoms with E-state index in [0.29, 0.717) is 11.6 Å². The number of anilines is 3. The van der Waals surface area contributed by atoms with Crippen LogP contribution in [0.15, 0.2) is 41.6 Å². The second-order valence-corrected chi connectivity index (χ2v) is 4.11. The molecule has 0 aliphatic heterocycles. The molecule has 0 radical (unpaired) electrons. The molecule has 1 heterocycles. The van der Waals surface area contributed by atoms with Gasteiger partial charge in [0, 0.05) is 11.0 Å². The van der Waals surface area contributed by atoms with Gasteiger partial charge >= 0.3 is 0 Å². The zero-order chi connectivity index (χ0) is 12.1. The van der Waals surface area contributed by atoms with E-state index < -0.39 is 0 Å². The largest absolute Gasteiger partial charge is 0.339 e. The fraction of sp³-hybridized carbons (Fsp3) is 0.0909. The van der Waals surface area contributed by atoms with Crippen molar-refractivity contribution in [2.75, 3.05) is 17.0 Å². The molecular weight excluding hydrogens is 234 g/mol. The van der Waals surface area contributed by atoms with Crippen molar-refractivity contribution in [3.05, 3.63) is 36.7 Å². The molecule has 5 nitrogen and oxygen atoms in total. The van der Waals surface area contributed by atoms with E-state index in [1.807, 2.05) is 24.5 Å². The minimum atomic E-state index is 0.573. The van der Waals surface area contributed by atoms with Crippen molar-refractivity contribution in [3.63, 3.8) is 0 Å². The number of nitrogen functional groups attached to an aromatic ring is 1. The Balaban J connectivity index is 2.24. The number of thioether (sulfide) groups is 1. The smallest absolute Gasteiger partial charge is 0.145 e. The van der Waals surface area contributed by atoms with Gasteiger partial charge in [-0.3, -0.25) is 0 Å². The summed E-state index contributed by atoms with van der Waals surface area (Å²) in [5.74, 6) is 6.57. The number of nitrogens with two attached hydrogens (primary N) is 1. The lowest BCUT2D eigenvalue weighted by Crippen LogP contribution is -2.09. The molecule has 2 rings (SSSR count). The zero-order valence-electron chi connectivity index (χ0n) is 9.34. The average Bonchev–Trinajstić information content (AvgIpc) is 2.39. The first-order chi connectivity index (χ1) is 8.33. The Bertz CT molecular complexity index is 503. The Kier molecular flexibility index (Phi) is 3.79. The summed E-state index contributed by atoms with van der Waals surface area (Å²) in [5, 5.41) is 3.23. The van der Waals surface area contributed by atoms with Gasteiger partial charge in [-0.05, 0) is 18.4 Å². The second kappa shape index (κ2) is 5.51. The van der Waals surface area contributed by atoms with E-state index in [0.717, 1.165) is 10.6 Å². The van der Waals surface area contributed by atoms with E-state index in [1.54, 1.807) is 17.8 Å². The Morgan fingerprint density at radius 1 is 1.18 bits per heavy atom. The van der Waals surface area contributed by atoms with Crippen molar-refractivity contribution in [3.8, 4) is 0 Å². The van der Waals surface area contributed by atoms with E-state index >= 15 is 0 Å². The zero-order valence-corrected chi connectivity index (χ0v) is 10.2. The lowest BCUT2D eigenvalue weighted by Gasteiger charge is -2.09. The molecule has 0 unspecified atom stereocenters. The van der Waals surface area contributed by atoms with Crippen LogP contribution < -0.4 is 16.6 Å². The topological polar surface area (TPSA) is 75.9 Å². The molecule has 0 amide bonds. The fourth-order valence-corrected chi connectivity index (χ4v) is 1.94. The average molecular weight is 247 g/mol. The molecule has 0 bridgehead atoms. The monoisotopic (exact) mass is 247 g/mol. The van der Waals surface area contributed by atoms with Gasteiger partial charge in [0.05, 0.1) is 5.69 Å². The van der Waals surface area contributed by atoms with Gasteiger partial charge in [0.15, 0.2) is 0 Å². The molecule has 0 atom stereocenters. The van der Waals surface area contributed by atoms with Crippen LogP contribution in [-0.4, -0.2) is 16.2 Å². The number of rotatable bonds is 4. The Labute approximate surface area is 104 Å². The van der Waals surface area contributed by atoms with E-state index in [-0.39, 0.29) is 0 Å². The van der Waals surface area contributed by atoms with Crippen molar-refractivity contribution in [2.24, 2.45) is 5.84 Å². The first-order valence-electron chi connectivity index (χ1n) is 5.02. The van der Waals surface area contributed by atoms with Crippen LogP contribution in [0, 0.1) is 0 Å². The number of hydrazine groups is 1. The molecule has 0 saturated heterocycles. The lowest BCUT2D eigenvalue weighted by molar-refractivity contribution is 1.14. The molecule has 4 N–H and O–H groups in total. The van der Waals surface area contributed by atoms with E-state index in [4.69, 9.17) is 5.84 Å². The van der Waals surface area contributed by atoms with Gasteiger partial charge in [0.1, 0.15) is 18.0 Å².